The van der Waals surface area contributed by atoms with Crippen LogP contribution in [0.4, 0.5) is 0 Å². The third kappa shape index (κ3) is 1.89. The number of fused-ring (bicyclic) bond motifs is 1. The summed E-state index contributed by atoms with van der Waals surface area (Å²) in [5.41, 5.74) is 8.23. The Kier molecular flexibility index (Phi) is 2.61. The predicted molar refractivity (Wildman–Crippen MR) is 73.2 cm³/mol. The van der Waals surface area contributed by atoms with Crippen molar-refractivity contribution in [3.63, 3.8) is 0 Å². The summed E-state index contributed by atoms with van der Waals surface area (Å²) in [5, 5.41) is 2.44. The van der Waals surface area contributed by atoms with Gasteiger partial charge in [0.05, 0.1) is 18.1 Å². The lowest BCUT2D eigenvalue weighted by Crippen LogP contribution is -2.12. The first-order valence-corrected chi connectivity index (χ1v) is 5.96. The Morgan fingerprint density at radius 3 is 2.61 bits per heavy atom. The molecule has 3 rings (SSSR count). The number of hydrogen-bond acceptors (Lipinski definition) is 2. The Balaban J connectivity index is 2.03. The smallest absolute Gasteiger partial charge is 0.0947 e. The Labute approximate surface area is 106 Å². The molecule has 1 aromatic heterocycles. The number of nitrogens with two attached hydrogens (primary N) is 1. The van der Waals surface area contributed by atoms with Crippen molar-refractivity contribution in [3.05, 3.63) is 66.2 Å². The molecule has 3 nitrogen and oxygen atoms in total. The first-order valence-electron chi connectivity index (χ1n) is 5.96. The SMILES string of the molecule is Cn1cnc(C(N)c2ccc3ccccc3c2)c1. The van der Waals surface area contributed by atoms with Crippen molar-refractivity contribution in [2.75, 3.05) is 0 Å². The van der Waals surface area contributed by atoms with E-state index in [1.165, 1.54) is 10.8 Å². The van der Waals surface area contributed by atoms with Crippen molar-refractivity contribution in [2.45, 2.75) is 6.04 Å². The highest BCUT2D eigenvalue weighted by molar-refractivity contribution is 5.83. The van der Waals surface area contributed by atoms with Gasteiger partial charge in [-0.3, -0.25) is 0 Å². The number of nitrogens with zero attached hydrogens (tertiary/aromatic N) is 2. The van der Waals surface area contributed by atoms with Gasteiger partial charge in [-0.25, -0.2) is 4.98 Å². The topological polar surface area (TPSA) is 43.8 Å². The summed E-state index contributed by atoms with van der Waals surface area (Å²) < 4.78 is 1.91. The molecule has 0 aliphatic heterocycles. The van der Waals surface area contributed by atoms with Crippen LogP contribution in [0.5, 0.6) is 0 Å². The second-order valence-corrected chi connectivity index (χ2v) is 4.55. The summed E-state index contributed by atoms with van der Waals surface area (Å²) in [6.45, 7) is 0. The van der Waals surface area contributed by atoms with Crippen LogP contribution >= 0.6 is 0 Å². The van der Waals surface area contributed by atoms with Gasteiger partial charge in [-0.05, 0) is 22.4 Å². The van der Waals surface area contributed by atoms with Crippen LogP contribution in [0.25, 0.3) is 10.8 Å². The van der Waals surface area contributed by atoms with Crippen LogP contribution in [0.3, 0.4) is 0 Å². The van der Waals surface area contributed by atoms with Gasteiger partial charge in [0, 0.05) is 13.2 Å². The van der Waals surface area contributed by atoms with Crippen LogP contribution in [-0.4, -0.2) is 9.55 Å². The average molecular weight is 237 g/mol. The summed E-state index contributed by atoms with van der Waals surface area (Å²) >= 11 is 0. The highest BCUT2D eigenvalue weighted by Crippen LogP contribution is 2.22. The van der Waals surface area contributed by atoms with E-state index in [4.69, 9.17) is 5.73 Å². The van der Waals surface area contributed by atoms with Crippen molar-refractivity contribution >= 4 is 10.8 Å². The molecule has 0 spiro atoms. The molecule has 0 amide bonds. The molecule has 3 aromatic rings. The maximum atomic E-state index is 6.24. The Bertz CT molecular complexity index is 685. The molecule has 1 heterocycles. The van der Waals surface area contributed by atoms with E-state index in [0.717, 1.165) is 11.3 Å². The second kappa shape index (κ2) is 4.27. The van der Waals surface area contributed by atoms with E-state index in [1.54, 1.807) is 6.33 Å². The molecule has 0 aliphatic carbocycles. The first-order chi connectivity index (χ1) is 8.74. The number of benzene rings is 2. The van der Waals surface area contributed by atoms with Gasteiger partial charge in [-0.1, -0.05) is 36.4 Å². The molecular weight excluding hydrogens is 222 g/mol. The molecule has 2 N–H and O–H groups in total. The second-order valence-electron chi connectivity index (χ2n) is 4.55. The molecule has 1 atom stereocenters. The van der Waals surface area contributed by atoms with Crippen molar-refractivity contribution in [1.29, 1.82) is 0 Å². The zero-order valence-electron chi connectivity index (χ0n) is 10.2. The van der Waals surface area contributed by atoms with Crippen LogP contribution in [-0.2, 0) is 7.05 Å². The van der Waals surface area contributed by atoms with E-state index < -0.39 is 0 Å². The van der Waals surface area contributed by atoms with E-state index in [-0.39, 0.29) is 6.04 Å². The zero-order valence-corrected chi connectivity index (χ0v) is 10.2. The molecular formula is C15H15N3. The van der Waals surface area contributed by atoms with Crippen LogP contribution in [0.2, 0.25) is 0 Å². The number of hydrogen-bond donors (Lipinski definition) is 1. The lowest BCUT2D eigenvalue weighted by atomic mass is 10.0. The lowest BCUT2D eigenvalue weighted by molar-refractivity contribution is 0.836. The van der Waals surface area contributed by atoms with Crippen LogP contribution in [0.15, 0.2) is 55.0 Å². The van der Waals surface area contributed by atoms with Crippen molar-refractivity contribution in [2.24, 2.45) is 12.8 Å². The van der Waals surface area contributed by atoms with Crippen molar-refractivity contribution in [1.82, 2.24) is 9.55 Å². The molecule has 0 aliphatic rings. The fourth-order valence-corrected chi connectivity index (χ4v) is 2.17. The first kappa shape index (κ1) is 11.0. The molecule has 0 saturated carbocycles. The molecule has 2 aromatic carbocycles. The van der Waals surface area contributed by atoms with E-state index >= 15 is 0 Å². The van der Waals surface area contributed by atoms with Gasteiger partial charge in [0.1, 0.15) is 0 Å². The summed E-state index contributed by atoms with van der Waals surface area (Å²) in [5.74, 6) is 0. The molecule has 0 saturated heterocycles. The molecule has 90 valence electrons. The molecule has 0 radical (unpaired) electrons. The average Bonchev–Trinajstić information content (AvgIpc) is 2.84. The Morgan fingerprint density at radius 1 is 1.11 bits per heavy atom. The van der Waals surface area contributed by atoms with E-state index in [0.29, 0.717) is 0 Å². The van der Waals surface area contributed by atoms with Gasteiger partial charge in [0.25, 0.3) is 0 Å². The quantitative estimate of drug-likeness (QED) is 0.744. The van der Waals surface area contributed by atoms with Crippen molar-refractivity contribution in [3.8, 4) is 0 Å². The third-order valence-corrected chi connectivity index (χ3v) is 3.18. The lowest BCUT2D eigenvalue weighted by Gasteiger charge is -2.10. The zero-order chi connectivity index (χ0) is 12.5. The van der Waals surface area contributed by atoms with Crippen LogP contribution in [0, 0.1) is 0 Å². The number of aryl methyl sites for hydroxylation is 1. The molecule has 18 heavy (non-hydrogen) atoms. The summed E-state index contributed by atoms with van der Waals surface area (Å²) in [4.78, 5) is 4.31. The maximum Gasteiger partial charge on any atom is 0.0947 e. The number of rotatable bonds is 2. The Morgan fingerprint density at radius 2 is 1.89 bits per heavy atom. The maximum absolute atomic E-state index is 6.24. The molecule has 0 fully saturated rings. The Hall–Kier alpha value is -2.13. The van der Waals surface area contributed by atoms with Gasteiger partial charge in [-0.2, -0.15) is 0 Å². The normalized spacial score (nSPS) is 12.8. The van der Waals surface area contributed by atoms with E-state index in [9.17, 15) is 0 Å². The standard InChI is InChI=1S/C15H15N3/c1-18-9-14(17-10-18)15(16)13-7-6-11-4-2-3-5-12(11)8-13/h2-10,15H,16H2,1H3. The van der Waals surface area contributed by atoms with Gasteiger partial charge in [0.2, 0.25) is 0 Å². The summed E-state index contributed by atoms with van der Waals surface area (Å²) in [7, 11) is 1.95. The fraction of sp³-hybridized carbons (Fsp3) is 0.133. The molecule has 0 bridgehead atoms. The van der Waals surface area contributed by atoms with Gasteiger partial charge >= 0.3 is 0 Å². The highest BCUT2D eigenvalue weighted by atomic mass is 15.0. The monoisotopic (exact) mass is 237 g/mol. The third-order valence-electron chi connectivity index (χ3n) is 3.18. The van der Waals surface area contributed by atoms with Crippen molar-refractivity contribution < 1.29 is 0 Å². The minimum atomic E-state index is -0.171. The predicted octanol–water partition coefficient (Wildman–Crippen LogP) is 2.62. The number of imidazole rings is 1. The summed E-state index contributed by atoms with van der Waals surface area (Å²) in [6.07, 6.45) is 3.73. The van der Waals surface area contributed by atoms with Gasteiger partial charge in [-0.15, -0.1) is 0 Å². The number of aromatic nitrogens is 2. The summed E-state index contributed by atoms with van der Waals surface area (Å²) in [6, 6.07) is 14.4. The van der Waals surface area contributed by atoms with Crippen LogP contribution in [0.1, 0.15) is 17.3 Å². The highest BCUT2D eigenvalue weighted by Gasteiger charge is 2.11. The minimum absolute atomic E-state index is 0.171. The van der Waals surface area contributed by atoms with Gasteiger partial charge in [0.15, 0.2) is 0 Å². The van der Waals surface area contributed by atoms with E-state index in [1.807, 2.05) is 29.9 Å². The van der Waals surface area contributed by atoms with E-state index in [2.05, 4.69) is 35.3 Å². The van der Waals surface area contributed by atoms with Crippen LogP contribution < -0.4 is 5.73 Å². The minimum Gasteiger partial charge on any atom is -0.340 e. The fourth-order valence-electron chi connectivity index (χ4n) is 2.17. The largest absolute Gasteiger partial charge is 0.340 e. The molecule has 1 unspecified atom stereocenters. The van der Waals surface area contributed by atoms with Gasteiger partial charge < -0.3 is 10.3 Å². The molecule has 3 heteroatoms.